The van der Waals surface area contributed by atoms with Crippen molar-refractivity contribution in [1.82, 2.24) is 10.9 Å². The molecule has 3 rings (SSSR count). The predicted octanol–water partition coefficient (Wildman–Crippen LogP) is 3.74. The monoisotopic (exact) mass is 406 g/mol. The Morgan fingerprint density at radius 2 is 1.37 bits per heavy atom. The number of nitrogens with one attached hydrogen (secondary N) is 2. The van der Waals surface area contributed by atoms with Crippen LogP contribution in [-0.2, 0) is 15.0 Å². The first-order valence-electron chi connectivity index (χ1n) is 9.74. The summed E-state index contributed by atoms with van der Waals surface area (Å²) in [4.78, 5) is 24.0. The highest BCUT2D eigenvalue weighted by Crippen LogP contribution is 2.30. The van der Waals surface area contributed by atoms with E-state index in [1.807, 2.05) is 60.7 Å². The molecule has 30 heavy (non-hydrogen) atoms. The van der Waals surface area contributed by atoms with Crippen molar-refractivity contribution in [2.75, 3.05) is 13.2 Å². The van der Waals surface area contributed by atoms with Crippen LogP contribution < -0.4 is 20.3 Å². The standard InChI is InChI=1S/C24H26N2O4/c1-24(2,3)20-10-6-7-11-21(20)30-16-23(28)26-25-22(27)15-29-19-13-12-17-8-4-5-9-18(17)14-19/h4-14H,15-16H2,1-3H3,(H,25,27)(H,26,28). The Hall–Kier alpha value is -3.54. The van der Waals surface area contributed by atoms with Crippen LogP contribution in [-0.4, -0.2) is 25.0 Å². The van der Waals surface area contributed by atoms with Gasteiger partial charge in [-0.25, -0.2) is 0 Å². The molecule has 0 fully saturated rings. The van der Waals surface area contributed by atoms with Gasteiger partial charge in [-0.3, -0.25) is 20.4 Å². The van der Waals surface area contributed by atoms with Gasteiger partial charge in [0.2, 0.25) is 0 Å². The Labute approximate surface area is 176 Å². The van der Waals surface area contributed by atoms with Gasteiger partial charge in [-0.2, -0.15) is 0 Å². The fourth-order valence-electron chi connectivity index (χ4n) is 2.97. The Kier molecular flexibility index (Phi) is 6.57. The lowest BCUT2D eigenvalue weighted by Gasteiger charge is -2.22. The molecule has 0 saturated heterocycles. The molecule has 0 unspecified atom stereocenters. The van der Waals surface area contributed by atoms with Gasteiger partial charge in [0.15, 0.2) is 13.2 Å². The van der Waals surface area contributed by atoms with E-state index >= 15 is 0 Å². The van der Waals surface area contributed by atoms with Gasteiger partial charge in [-0.05, 0) is 39.9 Å². The largest absolute Gasteiger partial charge is 0.484 e. The molecule has 3 aromatic rings. The molecule has 0 radical (unpaired) electrons. The molecule has 0 aliphatic heterocycles. The highest BCUT2D eigenvalue weighted by molar-refractivity contribution is 5.85. The second kappa shape index (κ2) is 9.31. The van der Waals surface area contributed by atoms with E-state index in [-0.39, 0.29) is 18.6 Å². The number of hydrazine groups is 1. The average Bonchev–Trinajstić information content (AvgIpc) is 2.74. The van der Waals surface area contributed by atoms with Crippen molar-refractivity contribution in [1.29, 1.82) is 0 Å². The Morgan fingerprint density at radius 3 is 2.07 bits per heavy atom. The molecule has 0 aromatic heterocycles. The smallest absolute Gasteiger partial charge is 0.276 e. The maximum atomic E-state index is 12.0. The molecule has 2 amide bonds. The lowest BCUT2D eigenvalue weighted by Crippen LogP contribution is -2.45. The fourth-order valence-corrected chi connectivity index (χ4v) is 2.97. The van der Waals surface area contributed by atoms with Crippen molar-refractivity contribution in [3.05, 3.63) is 72.3 Å². The molecule has 6 heteroatoms. The van der Waals surface area contributed by atoms with Gasteiger partial charge in [0.05, 0.1) is 0 Å². The van der Waals surface area contributed by atoms with Crippen LogP contribution in [0.1, 0.15) is 26.3 Å². The minimum atomic E-state index is -0.466. The van der Waals surface area contributed by atoms with E-state index in [4.69, 9.17) is 9.47 Å². The molecule has 0 saturated carbocycles. The zero-order chi connectivity index (χ0) is 21.6. The van der Waals surface area contributed by atoms with E-state index in [9.17, 15) is 9.59 Å². The maximum Gasteiger partial charge on any atom is 0.276 e. The van der Waals surface area contributed by atoms with E-state index < -0.39 is 11.8 Å². The van der Waals surface area contributed by atoms with Gasteiger partial charge < -0.3 is 9.47 Å². The topological polar surface area (TPSA) is 76.7 Å². The van der Waals surface area contributed by atoms with E-state index in [1.165, 1.54) is 0 Å². The normalized spacial score (nSPS) is 11.0. The number of para-hydroxylation sites is 1. The van der Waals surface area contributed by atoms with Crippen molar-refractivity contribution in [3.63, 3.8) is 0 Å². The van der Waals surface area contributed by atoms with Crippen molar-refractivity contribution in [3.8, 4) is 11.5 Å². The summed E-state index contributed by atoms with van der Waals surface area (Å²) < 4.78 is 11.1. The van der Waals surface area contributed by atoms with Gasteiger partial charge in [0, 0.05) is 0 Å². The number of amides is 2. The third kappa shape index (κ3) is 5.73. The quantitative estimate of drug-likeness (QED) is 0.612. The number of hydrogen-bond acceptors (Lipinski definition) is 4. The zero-order valence-electron chi connectivity index (χ0n) is 17.4. The van der Waals surface area contributed by atoms with Crippen LogP contribution in [0.2, 0.25) is 0 Å². The summed E-state index contributed by atoms with van der Waals surface area (Å²) >= 11 is 0. The van der Waals surface area contributed by atoms with Gasteiger partial charge in [0.25, 0.3) is 11.8 Å². The second-order valence-electron chi connectivity index (χ2n) is 7.93. The highest BCUT2D eigenvalue weighted by atomic mass is 16.5. The first kappa shape index (κ1) is 21.2. The fraction of sp³-hybridized carbons (Fsp3) is 0.250. The Balaban J connectivity index is 1.44. The second-order valence-corrected chi connectivity index (χ2v) is 7.93. The van der Waals surface area contributed by atoms with Crippen molar-refractivity contribution >= 4 is 22.6 Å². The number of hydrogen-bond donors (Lipinski definition) is 2. The number of benzene rings is 3. The van der Waals surface area contributed by atoms with Gasteiger partial charge in [0.1, 0.15) is 11.5 Å². The Bertz CT molecular complexity index is 1040. The molecule has 0 bridgehead atoms. The van der Waals surface area contributed by atoms with Crippen LogP contribution in [0.3, 0.4) is 0 Å². The van der Waals surface area contributed by atoms with E-state index in [0.717, 1.165) is 16.3 Å². The molecule has 156 valence electrons. The Morgan fingerprint density at radius 1 is 0.767 bits per heavy atom. The first-order chi connectivity index (χ1) is 14.3. The summed E-state index contributed by atoms with van der Waals surface area (Å²) in [6.45, 7) is 5.80. The molecule has 3 aromatic carbocycles. The number of carbonyl (C=O) groups excluding carboxylic acids is 2. The van der Waals surface area contributed by atoms with Crippen LogP contribution in [0.25, 0.3) is 10.8 Å². The van der Waals surface area contributed by atoms with Crippen LogP contribution >= 0.6 is 0 Å². The predicted molar refractivity (Wildman–Crippen MR) is 116 cm³/mol. The first-order valence-corrected chi connectivity index (χ1v) is 9.74. The van der Waals surface area contributed by atoms with Gasteiger partial charge in [-0.1, -0.05) is 69.3 Å². The van der Waals surface area contributed by atoms with Crippen molar-refractivity contribution in [2.45, 2.75) is 26.2 Å². The van der Waals surface area contributed by atoms with Crippen LogP contribution in [0.5, 0.6) is 11.5 Å². The van der Waals surface area contributed by atoms with Crippen LogP contribution in [0.15, 0.2) is 66.7 Å². The summed E-state index contributed by atoms with van der Waals surface area (Å²) in [7, 11) is 0. The van der Waals surface area contributed by atoms with Gasteiger partial charge >= 0.3 is 0 Å². The molecule has 0 spiro atoms. The minimum Gasteiger partial charge on any atom is -0.484 e. The van der Waals surface area contributed by atoms with Crippen molar-refractivity contribution < 1.29 is 19.1 Å². The molecule has 0 atom stereocenters. The molecule has 0 aliphatic rings. The van der Waals surface area contributed by atoms with E-state index in [0.29, 0.717) is 11.5 Å². The summed E-state index contributed by atoms with van der Waals surface area (Å²) in [5, 5.41) is 2.12. The third-order valence-corrected chi connectivity index (χ3v) is 4.49. The molecule has 0 heterocycles. The summed E-state index contributed by atoms with van der Waals surface area (Å²) in [5.41, 5.74) is 5.56. The molecular formula is C24H26N2O4. The van der Waals surface area contributed by atoms with Gasteiger partial charge in [-0.15, -0.1) is 0 Å². The van der Waals surface area contributed by atoms with Crippen LogP contribution in [0, 0.1) is 0 Å². The van der Waals surface area contributed by atoms with E-state index in [1.54, 1.807) is 6.07 Å². The lowest BCUT2D eigenvalue weighted by atomic mass is 9.86. The summed E-state index contributed by atoms with van der Waals surface area (Å²) in [5.74, 6) is 0.299. The third-order valence-electron chi connectivity index (χ3n) is 4.49. The molecule has 0 aliphatic carbocycles. The molecule has 6 nitrogen and oxygen atoms in total. The van der Waals surface area contributed by atoms with Crippen LogP contribution in [0.4, 0.5) is 0 Å². The van der Waals surface area contributed by atoms with E-state index in [2.05, 4.69) is 31.6 Å². The summed E-state index contributed by atoms with van der Waals surface area (Å²) in [6, 6.07) is 21.1. The molecular weight excluding hydrogens is 380 g/mol. The number of fused-ring (bicyclic) bond motifs is 1. The molecule has 2 N–H and O–H groups in total. The summed E-state index contributed by atoms with van der Waals surface area (Å²) in [6.07, 6.45) is 0. The SMILES string of the molecule is CC(C)(C)c1ccccc1OCC(=O)NNC(=O)COc1ccc2ccccc2c1. The number of carbonyl (C=O) groups is 2. The lowest BCUT2D eigenvalue weighted by molar-refractivity contribution is -0.131. The van der Waals surface area contributed by atoms with Crippen molar-refractivity contribution in [2.24, 2.45) is 0 Å². The zero-order valence-corrected chi connectivity index (χ0v) is 17.4. The minimum absolute atomic E-state index is 0.110. The number of rotatable bonds is 6. The number of ether oxygens (including phenoxy) is 2. The maximum absolute atomic E-state index is 12.0. The average molecular weight is 406 g/mol. The highest BCUT2D eigenvalue weighted by Gasteiger charge is 2.19.